The van der Waals surface area contributed by atoms with Gasteiger partial charge in [0.2, 0.25) is 0 Å². The Kier molecular flexibility index (Phi) is 5.95. The van der Waals surface area contributed by atoms with Crippen molar-refractivity contribution in [2.75, 3.05) is 25.6 Å². The van der Waals surface area contributed by atoms with Crippen LogP contribution >= 0.6 is 0 Å². The lowest BCUT2D eigenvalue weighted by molar-refractivity contribution is 0.236. The molecule has 0 saturated heterocycles. The molecule has 0 bridgehead atoms. The van der Waals surface area contributed by atoms with Crippen molar-refractivity contribution in [3.8, 4) is 17.2 Å². The number of para-hydroxylation sites is 2. The number of ether oxygens (including phenoxy) is 3. The van der Waals surface area contributed by atoms with E-state index in [0.717, 1.165) is 34.9 Å². The Morgan fingerprint density at radius 3 is 2.27 bits per heavy atom. The molecule has 0 unspecified atom stereocenters. The van der Waals surface area contributed by atoms with Crippen molar-refractivity contribution in [1.82, 2.24) is 0 Å². The van der Waals surface area contributed by atoms with Gasteiger partial charge in [-0.15, -0.1) is 0 Å². The Balaban J connectivity index is 1.74. The van der Waals surface area contributed by atoms with E-state index in [2.05, 4.69) is 0 Å². The monoisotopic (exact) mass is 301 g/mol. The van der Waals surface area contributed by atoms with Gasteiger partial charge in [0.05, 0.1) is 19.8 Å². The van der Waals surface area contributed by atoms with Crippen molar-refractivity contribution in [3.63, 3.8) is 0 Å². The van der Waals surface area contributed by atoms with Crippen molar-refractivity contribution in [2.24, 2.45) is 0 Å². The summed E-state index contributed by atoms with van der Waals surface area (Å²) in [6.45, 7) is 5.71. The van der Waals surface area contributed by atoms with E-state index >= 15 is 0 Å². The number of aryl methyl sites for hydroxylation is 1. The largest absolute Gasteiger partial charge is 0.493 e. The fourth-order valence-electron chi connectivity index (χ4n) is 1.98. The molecule has 0 amide bonds. The van der Waals surface area contributed by atoms with Crippen LogP contribution in [0.3, 0.4) is 0 Å². The number of hydrogen-bond donors (Lipinski definition) is 1. The van der Waals surface area contributed by atoms with Crippen molar-refractivity contribution >= 4 is 5.69 Å². The zero-order valence-electron chi connectivity index (χ0n) is 13.2. The van der Waals surface area contributed by atoms with Crippen molar-refractivity contribution < 1.29 is 14.2 Å². The van der Waals surface area contributed by atoms with Crippen molar-refractivity contribution in [2.45, 2.75) is 20.3 Å². The smallest absolute Gasteiger partial charge is 0.161 e. The van der Waals surface area contributed by atoms with Crippen LogP contribution in [0.4, 0.5) is 5.69 Å². The average molecular weight is 301 g/mol. The van der Waals surface area contributed by atoms with E-state index in [1.54, 1.807) is 0 Å². The van der Waals surface area contributed by atoms with Gasteiger partial charge in [0, 0.05) is 18.2 Å². The fraction of sp³-hybridized carbons (Fsp3) is 0.333. The molecule has 0 aliphatic carbocycles. The Bertz CT molecular complexity index is 599. The number of anilines is 1. The summed E-state index contributed by atoms with van der Waals surface area (Å²) in [7, 11) is 0. The highest BCUT2D eigenvalue weighted by molar-refractivity contribution is 5.50. The SMILES string of the molecule is CCOc1ccccc1OCCCOc1ccc(C)c(N)c1. The van der Waals surface area contributed by atoms with Crippen LogP contribution < -0.4 is 19.9 Å². The number of rotatable bonds is 8. The molecular weight excluding hydrogens is 278 g/mol. The Morgan fingerprint density at radius 1 is 0.909 bits per heavy atom. The molecular formula is C18H23NO3. The highest BCUT2D eigenvalue weighted by Gasteiger charge is 2.03. The number of benzene rings is 2. The highest BCUT2D eigenvalue weighted by Crippen LogP contribution is 2.26. The summed E-state index contributed by atoms with van der Waals surface area (Å²) in [4.78, 5) is 0. The predicted molar refractivity (Wildman–Crippen MR) is 88.8 cm³/mol. The standard InChI is InChI=1S/C18H23NO3/c1-3-20-17-7-4-5-8-18(17)22-12-6-11-21-15-10-9-14(2)16(19)13-15/h4-5,7-10,13H,3,6,11-12,19H2,1-2H3. The topological polar surface area (TPSA) is 53.7 Å². The van der Waals surface area contributed by atoms with Gasteiger partial charge in [0.25, 0.3) is 0 Å². The fourth-order valence-corrected chi connectivity index (χ4v) is 1.98. The van der Waals surface area contributed by atoms with Gasteiger partial charge in [0.15, 0.2) is 11.5 Å². The second-order valence-electron chi connectivity index (χ2n) is 4.95. The van der Waals surface area contributed by atoms with Crippen LogP contribution in [0, 0.1) is 6.92 Å². The third-order valence-corrected chi connectivity index (χ3v) is 3.21. The molecule has 4 heteroatoms. The first kappa shape index (κ1) is 16.0. The Hall–Kier alpha value is -2.36. The summed E-state index contributed by atoms with van der Waals surface area (Å²) in [5.41, 5.74) is 7.66. The first-order valence-electron chi connectivity index (χ1n) is 7.54. The molecule has 22 heavy (non-hydrogen) atoms. The molecule has 2 N–H and O–H groups in total. The predicted octanol–water partition coefficient (Wildman–Crippen LogP) is 3.82. The van der Waals surface area contributed by atoms with E-state index in [-0.39, 0.29) is 0 Å². The Labute approximate surface area is 131 Å². The normalized spacial score (nSPS) is 10.3. The van der Waals surface area contributed by atoms with E-state index in [4.69, 9.17) is 19.9 Å². The first-order chi connectivity index (χ1) is 10.7. The molecule has 2 aromatic carbocycles. The van der Waals surface area contributed by atoms with E-state index in [1.807, 2.05) is 56.3 Å². The molecule has 2 aromatic rings. The van der Waals surface area contributed by atoms with E-state index < -0.39 is 0 Å². The molecule has 0 radical (unpaired) electrons. The minimum absolute atomic E-state index is 0.575. The van der Waals surface area contributed by atoms with Crippen LogP contribution in [0.1, 0.15) is 18.9 Å². The van der Waals surface area contributed by atoms with Gasteiger partial charge in [-0.05, 0) is 37.6 Å². The van der Waals surface area contributed by atoms with Gasteiger partial charge in [0.1, 0.15) is 5.75 Å². The first-order valence-corrected chi connectivity index (χ1v) is 7.54. The molecule has 2 rings (SSSR count). The summed E-state index contributed by atoms with van der Waals surface area (Å²) in [5.74, 6) is 2.33. The molecule has 0 spiro atoms. The molecule has 0 aromatic heterocycles. The van der Waals surface area contributed by atoms with E-state index in [9.17, 15) is 0 Å². The molecule has 118 valence electrons. The summed E-state index contributed by atoms with van der Waals surface area (Å²) >= 11 is 0. The van der Waals surface area contributed by atoms with Crippen LogP contribution in [0.25, 0.3) is 0 Å². The second-order valence-corrected chi connectivity index (χ2v) is 4.95. The minimum atomic E-state index is 0.575. The number of hydrogen-bond acceptors (Lipinski definition) is 4. The summed E-state index contributed by atoms with van der Waals surface area (Å²) in [6, 6.07) is 13.4. The highest BCUT2D eigenvalue weighted by atomic mass is 16.5. The van der Waals surface area contributed by atoms with E-state index in [1.165, 1.54) is 0 Å². The minimum Gasteiger partial charge on any atom is -0.493 e. The zero-order valence-corrected chi connectivity index (χ0v) is 13.2. The van der Waals surface area contributed by atoms with Crippen LogP contribution in [0.15, 0.2) is 42.5 Å². The summed E-state index contributed by atoms with van der Waals surface area (Å²) in [5, 5.41) is 0. The molecule has 0 heterocycles. The molecule has 0 atom stereocenters. The molecule has 4 nitrogen and oxygen atoms in total. The third-order valence-electron chi connectivity index (χ3n) is 3.21. The number of nitrogen functional groups attached to an aromatic ring is 1. The molecule has 0 fully saturated rings. The molecule has 0 saturated carbocycles. The van der Waals surface area contributed by atoms with Crippen LogP contribution in [-0.2, 0) is 0 Å². The van der Waals surface area contributed by atoms with Gasteiger partial charge in [-0.3, -0.25) is 0 Å². The van der Waals surface area contributed by atoms with Gasteiger partial charge < -0.3 is 19.9 Å². The quantitative estimate of drug-likeness (QED) is 0.595. The Morgan fingerprint density at radius 2 is 1.59 bits per heavy atom. The lowest BCUT2D eigenvalue weighted by Gasteiger charge is -2.12. The van der Waals surface area contributed by atoms with Gasteiger partial charge in [-0.1, -0.05) is 18.2 Å². The van der Waals surface area contributed by atoms with Crippen LogP contribution in [-0.4, -0.2) is 19.8 Å². The second kappa shape index (κ2) is 8.17. The lowest BCUT2D eigenvalue weighted by Crippen LogP contribution is -2.06. The summed E-state index contributed by atoms with van der Waals surface area (Å²) < 4.78 is 16.9. The zero-order chi connectivity index (χ0) is 15.8. The van der Waals surface area contributed by atoms with Crippen LogP contribution in [0.5, 0.6) is 17.2 Å². The average Bonchev–Trinajstić information content (AvgIpc) is 2.52. The maximum absolute atomic E-state index is 5.85. The number of nitrogens with two attached hydrogens (primary N) is 1. The van der Waals surface area contributed by atoms with Gasteiger partial charge in [-0.25, -0.2) is 0 Å². The van der Waals surface area contributed by atoms with Gasteiger partial charge in [-0.2, -0.15) is 0 Å². The van der Waals surface area contributed by atoms with Crippen molar-refractivity contribution in [3.05, 3.63) is 48.0 Å². The summed E-state index contributed by atoms with van der Waals surface area (Å²) in [6.07, 6.45) is 0.786. The van der Waals surface area contributed by atoms with E-state index in [0.29, 0.717) is 19.8 Å². The molecule has 0 aliphatic rings. The van der Waals surface area contributed by atoms with Gasteiger partial charge >= 0.3 is 0 Å². The van der Waals surface area contributed by atoms with Crippen LogP contribution in [0.2, 0.25) is 0 Å². The lowest BCUT2D eigenvalue weighted by atomic mass is 10.2. The third kappa shape index (κ3) is 4.58. The van der Waals surface area contributed by atoms with Crippen molar-refractivity contribution in [1.29, 1.82) is 0 Å². The maximum atomic E-state index is 5.85. The maximum Gasteiger partial charge on any atom is 0.161 e. The molecule has 0 aliphatic heterocycles.